The van der Waals surface area contributed by atoms with E-state index in [0.717, 1.165) is 29.4 Å². The largest absolute Gasteiger partial charge is 0.486 e. The van der Waals surface area contributed by atoms with Gasteiger partial charge in [0.25, 0.3) is 5.56 Å². The molecule has 1 aliphatic heterocycles. The first-order valence-corrected chi connectivity index (χ1v) is 14.0. The van der Waals surface area contributed by atoms with E-state index in [-0.39, 0.29) is 24.1 Å². The molecule has 4 heterocycles. The normalized spacial score (nSPS) is 13.0. The topological polar surface area (TPSA) is 123 Å². The molecule has 42 heavy (non-hydrogen) atoms. The van der Waals surface area contributed by atoms with E-state index < -0.39 is 0 Å². The van der Waals surface area contributed by atoms with Gasteiger partial charge in [0, 0.05) is 41.1 Å². The fourth-order valence-corrected chi connectivity index (χ4v) is 4.83. The molecule has 214 valence electrons. The summed E-state index contributed by atoms with van der Waals surface area (Å²) in [5.41, 5.74) is 3.78. The number of aromatic amines is 1. The van der Waals surface area contributed by atoms with E-state index in [0.29, 0.717) is 49.1 Å². The van der Waals surface area contributed by atoms with Gasteiger partial charge in [-0.3, -0.25) is 19.1 Å². The fraction of sp³-hybridized carbons (Fsp3) is 0.250. The second-order valence-corrected chi connectivity index (χ2v) is 10.2. The zero-order valence-electron chi connectivity index (χ0n) is 23.1. The van der Waals surface area contributed by atoms with Gasteiger partial charge >= 0.3 is 0 Å². The number of amides is 1. The van der Waals surface area contributed by atoms with E-state index in [9.17, 15) is 9.59 Å². The third kappa shape index (κ3) is 6.50. The number of nitrogens with one attached hydrogen (secondary N) is 3. The molecular weight excluding hydrogens is 532 g/mol. The van der Waals surface area contributed by atoms with Gasteiger partial charge in [0.1, 0.15) is 29.9 Å². The molecule has 5 aromatic rings. The van der Waals surface area contributed by atoms with E-state index >= 15 is 0 Å². The Bertz CT molecular complexity index is 1680. The maximum Gasteiger partial charge on any atom is 0.277 e. The van der Waals surface area contributed by atoms with Crippen LogP contribution in [-0.2, 0) is 29.0 Å². The lowest BCUT2D eigenvalue weighted by atomic mass is 10.1. The molecule has 10 heteroatoms. The molecule has 1 saturated heterocycles. The average Bonchev–Trinajstić information content (AvgIpc) is 3.42. The summed E-state index contributed by atoms with van der Waals surface area (Å²) >= 11 is 0. The van der Waals surface area contributed by atoms with Crippen LogP contribution in [0.25, 0.3) is 22.3 Å². The Balaban J connectivity index is 1.18. The van der Waals surface area contributed by atoms with Crippen LogP contribution in [0.4, 0.5) is 5.69 Å². The molecule has 10 nitrogen and oxygen atoms in total. The van der Waals surface area contributed by atoms with Crippen molar-refractivity contribution < 1.29 is 14.3 Å². The summed E-state index contributed by atoms with van der Waals surface area (Å²) < 4.78 is 12.5. The lowest BCUT2D eigenvalue weighted by Crippen LogP contribution is -2.38. The molecule has 0 bridgehead atoms. The van der Waals surface area contributed by atoms with Gasteiger partial charge < -0.3 is 25.1 Å². The minimum absolute atomic E-state index is 0.0524. The number of rotatable bonds is 12. The van der Waals surface area contributed by atoms with Crippen LogP contribution in [0.15, 0.2) is 90.1 Å². The molecule has 0 unspecified atom stereocenters. The van der Waals surface area contributed by atoms with Gasteiger partial charge in [0.05, 0.1) is 26.0 Å². The van der Waals surface area contributed by atoms with E-state index in [1.54, 1.807) is 18.6 Å². The second-order valence-electron chi connectivity index (χ2n) is 10.2. The summed E-state index contributed by atoms with van der Waals surface area (Å²) in [5.74, 6) is 0.812. The highest BCUT2D eigenvalue weighted by Gasteiger charge is 2.20. The molecule has 1 amide bonds. The standard InChI is InChI=1S/C32H32N6O4/c39-30(35-17-25-15-24-16-33-14-12-28(24)37-25)19-38-31(23-8-10-26(11-9-23)42-27-20-41-21-27)36-18-29(32(38)40)34-13-4-7-22-5-2-1-3-6-22/h1-3,5-6,8-12,14-16,18,27,34,37H,4,7,13,17,19-21H2,(H,35,39). The highest BCUT2D eigenvalue weighted by atomic mass is 16.6. The van der Waals surface area contributed by atoms with Crippen LogP contribution in [0.1, 0.15) is 17.7 Å². The van der Waals surface area contributed by atoms with Crippen LogP contribution < -0.4 is 20.9 Å². The smallest absolute Gasteiger partial charge is 0.277 e. The third-order valence-electron chi connectivity index (χ3n) is 7.12. The highest BCUT2D eigenvalue weighted by Crippen LogP contribution is 2.23. The summed E-state index contributed by atoms with van der Waals surface area (Å²) in [5, 5.41) is 7.10. The van der Waals surface area contributed by atoms with Gasteiger partial charge in [-0.25, -0.2) is 4.98 Å². The summed E-state index contributed by atoms with van der Waals surface area (Å²) in [4.78, 5) is 38.8. The lowest BCUT2D eigenvalue weighted by Gasteiger charge is -2.26. The monoisotopic (exact) mass is 564 g/mol. The van der Waals surface area contributed by atoms with Gasteiger partial charge in [-0.05, 0) is 54.8 Å². The van der Waals surface area contributed by atoms with Crippen LogP contribution in [0.5, 0.6) is 5.75 Å². The Morgan fingerprint density at radius 3 is 2.67 bits per heavy atom. The SMILES string of the molecule is O=C(Cn1c(-c2ccc(OC3COC3)cc2)ncc(NCCCc2ccccc2)c1=O)NCc1cc2cnccc2[nH]1. The molecule has 1 aliphatic rings. The summed E-state index contributed by atoms with van der Waals surface area (Å²) in [6.07, 6.45) is 6.81. The highest BCUT2D eigenvalue weighted by molar-refractivity contribution is 5.80. The van der Waals surface area contributed by atoms with E-state index in [1.165, 1.54) is 10.1 Å². The molecule has 2 aromatic carbocycles. The van der Waals surface area contributed by atoms with E-state index in [4.69, 9.17) is 9.47 Å². The number of fused-ring (bicyclic) bond motifs is 1. The minimum atomic E-state index is -0.307. The predicted octanol–water partition coefficient (Wildman–Crippen LogP) is 3.93. The molecular formula is C32H32N6O4. The number of pyridine rings is 1. The zero-order chi connectivity index (χ0) is 28.7. The number of hydrogen-bond acceptors (Lipinski definition) is 7. The first kappa shape index (κ1) is 27.2. The molecule has 3 aromatic heterocycles. The summed E-state index contributed by atoms with van der Waals surface area (Å²) in [6.45, 7) is 1.86. The number of anilines is 1. The number of H-pyrrole nitrogens is 1. The van der Waals surface area contributed by atoms with Crippen LogP contribution in [0.3, 0.4) is 0 Å². The quantitative estimate of drug-likeness (QED) is 0.196. The van der Waals surface area contributed by atoms with Crippen molar-refractivity contribution in [1.29, 1.82) is 0 Å². The van der Waals surface area contributed by atoms with Crippen molar-refractivity contribution >= 4 is 22.5 Å². The summed E-state index contributed by atoms with van der Waals surface area (Å²) in [7, 11) is 0. The molecule has 0 saturated carbocycles. The van der Waals surface area contributed by atoms with Gasteiger partial charge in [0.2, 0.25) is 5.91 Å². The van der Waals surface area contributed by atoms with Crippen molar-refractivity contribution in [2.24, 2.45) is 0 Å². The van der Waals surface area contributed by atoms with Gasteiger partial charge in [-0.2, -0.15) is 0 Å². The predicted molar refractivity (Wildman–Crippen MR) is 160 cm³/mol. The molecule has 3 N–H and O–H groups in total. The van der Waals surface area contributed by atoms with Gasteiger partial charge in [-0.15, -0.1) is 0 Å². The third-order valence-corrected chi connectivity index (χ3v) is 7.12. The Hall–Kier alpha value is -4.96. The molecule has 0 radical (unpaired) electrons. The number of benzene rings is 2. The maximum atomic E-state index is 13.6. The van der Waals surface area contributed by atoms with Crippen molar-refractivity contribution in [1.82, 2.24) is 24.8 Å². The van der Waals surface area contributed by atoms with Crippen molar-refractivity contribution in [2.45, 2.75) is 32.0 Å². The molecule has 0 aliphatic carbocycles. The Morgan fingerprint density at radius 1 is 1.07 bits per heavy atom. The van der Waals surface area contributed by atoms with Crippen LogP contribution in [0, 0.1) is 0 Å². The van der Waals surface area contributed by atoms with Crippen molar-refractivity contribution in [3.63, 3.8) is 0 Å². The van der Waals surface area contributed by atoms with Crippen LogP contribution >= 0.6 is 0 Å². The number of hydrogen-bond donors (Lipinski definition) is 3. The van der Waals surface area contributed by atoms with E-state index in [1.807, 2.05) is 54.6 Å². The average molecular weight is 565 g/mol. The van der Waals surface area contributed by atoms with Crippen molar-refractivity contribution in [3.8, 4) is 17.1 Å². The minimum Gasteiger partial charge on any atom is -0.486 e. The Kier molecular flexibility index (Phi) is 8.23. The zero-order valence-corrected chi connectivity index (χ0v) is 23.1. The number of aromatic nitrogens is 4. The van der Waals surface area contributed by atoms with Gasteiger partial charge in [-0.1, -0.05) is 30.3 Å². The second kappa shape index (κ2) is 12.7. The number of ether oxygens (including phenoxy) is 2. The van der Waals surface area contributed by atoms with Crippen molar-refractivity contribution in [2.75, 3.05) is 25.1 Å². The number of nitrogens with zero attached hydrogens (tertiary/aromatic N) is 3. The first-order valence-electron chi connectivity index (χ1n) is 14.0. The van der Waals surface area contributed by atoms with Gasteiger partial charge in [0.15, 0.2) is 0 Å². The van der Waals surface area contributed by atoms with Crippen LogP contribution in [0.2, 0.25) is 0 Å². The number of carbonyl (C=O) groups is 1. The maximum absolute atomic E-state index is 13.6. The molecule has 1 fully saturated rings. The number of carbonyl (C=O) groups excluding carboxylic acids is 1. The van der Waals surface area contributed by atoms with Crippen LogP contribution in [-0.4, -0.2) is 51.3 Å². The first-order chi connectivity index (χ1) is 20.6. The Labute approximate surface area is 242 Å². The van der Waals surface area contributed by atoms with Crippen molar-refractivity contribution in [3.05, 3.63) is 107 Å². The number of aryl methyl sites for hydroxylation is 1. The molecule has 6 rings (SSSR count). The molecule has 0 atom stereocenters. The summed E-state index contributed by atoms with van der Waals surface area (Å²) in [6, 6.07) is 21.4. The lowest BCUT2D eigenvalue weighted by molar-refractivity contribution is -0.121. The molecule has 0 spiro atoms. The Morgan fingerprint density at radius 2 is 1.90 bits per heavy atom. The fourth-order valence-electron chi connectivity index (χ4n) is 4.83. The van der Waals surface area contributed by atoms with E-state index in [2.05, 4.69) is 37.7 Å².